The summed E-state index contributed by atoms with van der Waals surface area (Å²) in [5.41, 5.74) is 0. The molecule has 0 aliphatic heterocycles. The molecule has 0 bridgehead atoms. The van der Waals surface area contributed by atoms with E-state index in [2.05, 4.69) is 67.8 Å². The van der Waals surface area contributed by atoms with Crippen LogP contribution in [0.1, 0.15) is 206 Å². The SMILES string of the molecule is CCC/C=C/CC/C=C/CCCC(O)C(O)C(CO)NC(=O)C(O)CCCCCCCCCCCC/C=C\C/C=C\CCCCCCCCCCC. The number of aliphatic hydroxyl groups excluding tert-OH is 4. The Morgan fingerprint density at radius 3 is 1.40 bits per heavy atom. The van der Waals surface area contributed by atoms with Crippen molar-refractivity contribution in [1.29, 1.82) is 0 Å². The molecule has 0 aromatic carbocycles. The summed E-state index contributed by atoms with van der Waals surface area (Å²) in [6, 6.07) is -1.01. The highest BCUT2D eigenvalue weighted by Gasteiger charge is 2.28. The molecule has 4 unspecified atom stereocenters. The predicted molar refractivity (Wildman–Crippen MR) is 223 cm³/mol. The third kappa shape index (κ3) is 34.1. The Balaban J connectivity index is 3.70. The summed E-state index contributed by atoms with van der Waals surface area (Å²) < 4.78 is 0. The van der Waals surface area contributed by atoms with Crippen LogP contribution in [-0.2, 0) is 4.79 Å². The zero-order valence-electron chi connectivity index (χ0n) is 34.0. The van der Waals surface area contributed by atoms with Gasteiger partial charge in [-0.3, -0.25) is 4.79 Å². The lowest BCUT2D eigenvalue weighted by Gasteiger charge is -2.27. The van der Waals surface area contributed by atoms with Gasteiger partial charge >= 0.3 is 0 Å². The molecule has 304 valence electrons. The molecular formula is C46H85NO5. The molecule has 0 aliphatic carbocycles. The molecule has 0 radical (unpaired) electrons. The molecule has 6 nitrogen and oxygen atoms in total. The van der Waals surface area contributed by atoms with Crippen LogP contribution in [0, 0.1) is 0 Å². The molecule has 52 heavy (non-hydrogen) atoms. The van der Waals surface area contributed by atoms with Gasteiger partial charge in [0.2, 0.25) is 5.91 Å². The van der Waals surface area contributed by atoms with Crippen LogP contribution in [0.25, 0.3) is 0 Å². The van der Waals surface area contributed by atoms with E-state index in [1.807, 2.05) is 0 Å². The van der Waals surface area contributed by atoms with Gasteiger partial charge in [0, 0.05) is 0 Å². The fraction of sp³-hybridized carbons (Fsp3) is 0.804. The van der Waals surface area contributed by atoms with Crippen LogP contribution in [0.3, 0.4) is 0 Å². The number of rotatable bonds is 39. The third-order valence-electron chi connectivity index (χ3n) is 9.97. The van der Waals surface area contributed by atoms with Gasteiger partial charge in [0.05, 0.1) is 18.8 Å². The fourth-order valence-electron chi connectivity index (χ4n) is 6.46. The molecule has 4 atom stereocenters. The van der Waals surface area contributed by atoms with E-state index in [1.54, 1.807) is 0 Å². The molecule has 0 heterocycles. The first-order valence-corrected chi connectivity index (χ1v) is 22.0. The van der Waals surface area contributed by atoms with E-state index in [-0.39, 0.29) is 0 Å². The van der Waals surface area contributed by atoms with E-state index in [0.29, 0.717) is 19.3 Å². The van der Waals surface area contributed by atoms with Crippen molar-refractivity contribution in [3.05, 3.63) is 48.6 Å². The van der Waals surface area contributed by atoms with E-state index >= 15 is 0 Å². The van der Waals surface area contributed by atoms with Crippen LogP contribution in [0.2, 0.25) is 0 Å². The molecule has 0 aromatic rings. The monoisotopic (exact) mass is 732 g/mol. The number of nitrogens with one attached hydrogen (secondary N) is 1. The van der Waals surface area contributed by atoms with Crippen LogP contribution < -0.4 is 5.32 Å². The highest BCUT2D eigenvalue weighted by Crippen LogP contribution is 2.15. The zero-order valence-corrected chi connectivity index (χ0v) is 34.0. The molecule has 0 saturated carbocycles. The Hall–Kier alpha value is -1.73. The highest BCUT2D eigenvalue weighted by molar-refractivity contribution is 5.80. The van der Waals surface area contributed by atoms with Crippen molar-refractivity contribution < 1.29 is 25.2 Å². The normalized spacial score (nSPS) is 14.7. The molecule has 5 N–H and O–H groups in total. The molecule has 0 aromatic heterocycles. The molecule has 0 rings (SSSR count). The van der Waals surface area contributed by atoms with Gasteiger partial charge in [-0.1, -0.05) is 178 Å². The number of hydrogen-bond donors (Lipinski definition) is 5. The average Bonchev–Trinajstić information content (AvgIpc) is 3.15. The van der Waals surface area contributed by atoms with Gasteiger partial charge in [0.25, 0.3) is 0 Å². The number of allylic oxidation sites excluding steroid dienone is 8. The fourth-order valence-corrected chi connectivity index (χ4v) is 6.46. The first kappa shape index (κ1) is 50.3. The maximum atomic E-state index is 12.5. The van der Waals surface area contributed by atoms with Gasteiger partial charge in [0.15, 0.2) is 0 Å². The van der Waals surface area contributed by atoms with Crippen molar-refractivity contribution in [2.75, 3.05) is 6.61 Å². The first-order valence-electron chi connectivity index (χ1n) is 22.0. The summed E-state index contributed by atoms with van der Waals surface area (Å²) >= 11 is 0. The van der Waals surface area contributed by atoms with Crippen LogP contribution in [0.4, 0.5) is 0 Å². The van der Waals surface area contributed by atoms with Gasteiger partial charge in [-0.2, -0.15) is 0 Å². The maximum Gasteiger partial charge on any atom is 0.249 e. The number of hydrogen-bond acceptors (Lipinski definition) is 5. The van der Waals surface area contributed by atoms with Crippen LogP contribution >= 0.6 is 0 Å². The Morgan fingerprint density at radius 1 is 0.481 bits per heavy atom. The molecule has 6 heteroatoms. The second-order valence-electron chi connectivity index (χ2n) is 15.0. The molecule has 0 aliphatic rings. The number of carbonyl (C=O) groups excluding carboxylic acids is 1. The average molecular weight is 732 g/mol. The zero-order chi connectivity index (χ0) is 38.2. The quantitative estimate of drug-likeness (QED) is 0.0319. The molecule has 0 saturated heterocycles. The van der Waals surface area contributed by atoms with Gasteiger partial charge < -0.3 is 25.7 Å². The second-order valence-corrected chi connectivity index (χ2v) is 15.0. The number of carbonyl (C=O) groups is 1. The number of unbranched alkanes of at least 4 members (excludes halogenated alkanes) is 22. The van der Waals surface area contributed by atoms with E-state index in [4.69, 9.17) is 0 Å². The largest absolute Gasteiger partial charge is 0.394 e. The highest BCUT2D eigenvalue weighted by atomic mass is 16.3. The van der Waals surface area contributed by atoms with Crippen molar-refractivity contribution in [1.82, 2.24) is 5.32 Å². The van der Waals surface area contributed by atoms with E-state index < -0.39 is 36.9 Å². The third-order valence-corrected chi connectivity index (χ3v) is 9.97. The van der Waals surface area contributed by atoms with E-state index in [1.165, 1.54) is 122 Å². The Kier molecular flexibility index (Phi) is 39.1. The Bertz CT molecular complexity index is 869. The maximum absolute atomic E-state index is 12.5. The lowest BCUT2D eigenvalue weighted by molar-refractivity contribution is -0.132. The Morgan fingerprint density at radius 2 is 0.904 bits per heavy atom. The minimum atomic E-state index is -1.29. The molecule has 1 amide bonds. The van der Waals surface area contributed by atoms with Crippen molar-refractivity contribution in [2.45, 2.75) is 231 Å². The predicted octanol–water partition coefficient (Wildman–Crippen LogP) is 11.5. The van der Waals surface area contributed by atoms with Crippen LogP contribution in [-0.4, -0.2) is 57.3 Å². The van der Waals surface area contributed by atoms with E-state index in [0.717, 1.165) is 51.4 Å². The lowest BCUT2D eigenvalue weighted by Crippen LogP contribution is -2.53. The second kappa shape index (κ2) is 40.5. The summed E-state index contributed by atoms with van der Waals surface area (Å²) in [5, 5.41) is 43.4. The minimum absolute atomic E-state index is 0.355. The molecular weight excluding hydrogens is 647 g/mol. The minimum Gasteiger partial charge on any atom is -0.394 e. The first-order chi connectivity index (χ1) is 25.5. The standard InChI is InChI=1S/C46H85NO5/c1-3-5-7-9-11-13-15-16-17-18-19-20-21-22-23-24-25-26-27-28-29-30-32-34-36-38-40-44(50)46(52)47-42(41-48)45(51)43(49)39-37-35-33-31-14-12-10-8-6-4-2/h8,10,19-20,22-23,31,33,42-45,48-51H,3-7,9,11-18,21,24-30,32,34-41H2,1-2H3,(H,47,52)/b10-8+,20-19-,23-22-,33-31+. The summed E-state index contributed by atoms with van der Waals surface area (Å²) in [6.45, 7) is 3.94. The summed E-state index contributed by atoms with van der Waals surface area (Å²) in [5.74, 6) is -0.604. The van der Waals surface area contributed by atoms with Crippen molar-refractivity contribution in [3.63, 3.8) is 0 Å². The van der Waals surface area contributed by atoms with Crippen LogP contribution in [0.5, 0.6) is 0 Å². The van der Waals surface area contributed by atoms with Crippen molar-refractivity contribution in [3.8, 4) is 0 Å². The van der Waals surface area contributed by atoms with Gasteiger partial charge in [-0.15, -0.1) is 0 Å². The summed E-state index contributed by atoms with van der Waals surface area (Å²) in [6.07, 6.45) is 48.8. The number of aliphatic hydroxyl groups is 4. The van der Waals surface area contributed by atoms with Gasteiger partial charge in [-0.05, 0) is 77.0 Å². The summed E-state index contributed by atoms with van der Waals surface area (Å²) in [4.78, 5) is 12.5. The van der Waals surface area contributed by atoms with Crippen LogP contribution in [0.15, 0.2) is 48.6 Å². The molecule has 0 fully saturated rings. The lowest BCUT2D eigenvalue weighted by atomic mass is 10.00. The molecule has 0 spiro atoms. The van der Waals surface area contributed by atoms with Crippen molar-refractivity contribution in [2.24, 2.45) is 0 Å². The topological polar surface area (TPSA) is 110 Å². The number of amides is 1. The van der Waals surface area contributed by atoms with E-state index in [9.17, 15) is 25.2 Å². The smallest absolute Gasteiger partial charge is 0.249 e. The van der Waals surface area contributed by atoms with Gasteiger partial charge in [-0.25, -0.2) is 0 Å². The summed E-state index contributed by atoms with van der Waals surface area (Å²) in [7, 11) is 0. The van der Waals surface area contributed by atoms with Gasteiger partial charge in [0.1, 0.15) is 12.2 Å². The Labute approximate surface area is 321 Å². The van der Waals surface area contributed by atoms with Crippen molar-refractivity contribution >= 4 is 5.91 Å².